The monoisotopic (exact) mass is 388 g/mol. The zero-order chi connectivity index (χ0) is 19.4. The van der Waals surface area contributed by atoms with Gasteiger partial charge < -0.3 is 9.15 Å². The van der Waals surface area contributed by atoms with E-state index in [1.165, 1.54) is 24.3 Å². The Morgan fingerprint density at radius 2 is 2.19 bits per heavy atom. The van der Waals surface area contributed by atoms with Gasteiger partial charge in [-0.25, -0.2) is 4.39 Å². The second kappa shape index (κ2) is 8.22. The molecule has 2 aromatic heterocycles. The predicted molar refractivity (Wildman–Crippen MR) is 100 cm³/mol. The molecule has 0 spiro atoms. The van der Waals surface area contributed by atoms with Crippen LogP contribution in [0.3, 0.4) is 0 Å². The molecule has 3 rings (SSSR count). The van der Waals surface area contributed by atoms with Gasteiger partial charge in [-0.2, -0.15) is 5.10 Å². The molecule has 0 fully saturated rings. The van der Waals surface area contributed by atoms with Crippen molar-refractivity contribution >= 4 is 23.5 Å². The third-order valence-corrected chi connectivity index (χ3v) is 4.18. The van der Waals surface area contributed by atoms with Crippen molar-refractivity contribution in [3.8, 4) is 5.75 Å². The molecule has 2 heterocycles. The molecule has 7 heteroatoms. The first-order valence-electron chi connectivity index (χ1n) is 8.39. The number of hydrogen-bond donors (Lipinski definition) is 0. The normalized spacial score (nSPS) is 11.3. The fourth-order valence-electron chi connectivity index (χ4n) is 2.47. The van der Waals surface area contributed by atoms with Gasteiger partial charge in [0, 0.05) is 12.7 Å². The minimum Gasteiger partial charge on any atom is -0.484 e. The SMILES string of the molecule is CCn1cc(C(=O)C=Cc2ccc(COc3ccc(F)cc3Cl)o2)c(C)n1. The number of aromatic nitrogens is 2. The summed E-state index contributed by atoms with van der Waals surface area (Å²) in [6.07, 6.45) is 4.78. The molecule has 3 aromatic rings. The van der Waals surface area contributed by atoms with E-state index in [0.717, 1.165) is 0 Å². The van der Waals surface area contributed by atoms with Crippen LogP contribution in [0.5, 0.6) is 5.75 Å². The average molecular weight is 389 g/mol. The van der Waals surface area contributed by atoms with E-state index in [0.29, 0.717) is 35.1 Å². The second-order valence-electron chi connectivity index (χ2n) is 5.85. The van der Waals surface area contributed by atoms with Crippen molar-refractivity contribution in [3.05, 3.63) is 76.2 Å². The summed E-state index contributed by atoms with van der Waals surface area (Å²) in [6, 6.07) is 7.38. The molecule has 0 aliphatic rings. The van der Waals surface area contributed by atoms with Gasteiger partial charge in [-0.1, -0.05) is 11.6 Å². The highest BCUT2D eigenvalue weighted by atomic mass is 35.5. The third-order valence-electron chi connectivity index (χ3n) is 3.88. The van der Waals surface area contributed by atoms with Crippen molar-refractivity contribution in [2.75, 3.05) is 0 Å². The van der Waals surface area contributed by atoms with E-state index in [-0.39, 0.29) is 17.4 Å². The van der Waals surface area contributed by atoms with Crippen LogP contribution in [0.15, 0.2) is 47.0 Å². The zero-order valence-electron chi connectivity index (χ0n) is 14.9. The maximum absolute atomic E-state index is 13.0. The van der Waals surface area contributed by atoms with Crippen molar-refractivity contribution in [1.29, 1.82) is 0 Å². The number of benzene rings is 1. The van der Waals surface area contributed by atoms with Crippen molar-refractivity contribution in [2.24, 2.45) is 0 Å². The molecule has 27 heavy (non-hydrogen) atoms. The summed E-state index contributed by atoms with van der Waals surface area (Å²) in [6.45, 7) is 4.60. The van der Waals surface area contributed by atoms with Crippen LogP contribution >= 0.6 is 11.6 Å². The maximum atomic E-state index is 13.0. The molecule has 0 aliphatic carbocycles. The zero-order valence-corrected chi connectivity index (χ0v) is 15.7. The number of aryl methyl sites for hydroxylation is 2. The number of halogens is 2. The Kier molecular flexibility index (Phi) is 5.76. The smallest absolute Gasteiger partial charge is 0.189 e. The van der Waals surface area contributed by atoms with E-state index in [2.05, 4.69) is 5.10 Å². The topological polar surface area (TPSA) is 57.3 Å². The van der Waals surface area contributed by atoms with E-state index in [4.69, 9.17) is 20.8 Å². The van der Waals surface area contributed by atoms with Crippen molar-refractivity contribution in [3.63, 3.8) is 0 Å². The van der Waals surface area contributed by atoms with Crippen LogP contribution in [0.2, 0.25) is 5.02 Å². The van der Waals surface area contributed by atoms with Crippen molar-refractivity contribution < 1.29 is 18.3 Å². The van der Waals surface area contributed by atoms with Crippen LogP contribution < -0.4 is 4.74 Å². The molecular weight excluding hydrogens is 371 g/mol. The largest absolute Gasteiger partial charge is 0.484 e. The molecule has 0 aliphatic heterocycles. The van der Waals surface area contributed by atoms with Crippen LogP contribution in [0.25, 0.3) is 6.08 Å². The van der Waals surface area contributed by atoms with E-state index in [1.54, 1.807) is 36.0 Å². The lowest BCUT2D eigenvalue weighted by atomic mass is 10.1. The van der Waals surface area contributed by atoms with Gasteiger partial charge in [-0.15, -0.1) is 0 Å². The summed E-state index contributed by atoms with van der Waals surface area (Å²) in [4.78, 5) is 12.3. The molecule has 0 amide bonds. The van der Waals surface area contributed by atoms with E-state index < -0.39 is 5.82 Å². The lowest BCUT2D eigenvalue weighted by Gasteiger charge is -2.05. The quantitative estimate of drug-likeness (QED) is 0.418. The van der Waals surface area contributed by atoms with E-state index >= 15 is 0 Å². The maximum Gasteiger partial charge on any atom is 0.189 e. The van der Waals surface area contributed by atoms with Gasteiger partial charge in [0.2, 0.25) is 0 Å². The van der Waals surface area contributed by atoms with E-state index in [9.17, 15) is 9.18 Å². The van der Waals surface area contributed by atoms with Gasteiger partial charge in [0.25, 0.3) is 0 Å². The van der Waals surface area contributed by atoms with Crippen molar-refractivity contribution in [1.82, 2.24) is 9.78 Å². The summed E-state index contributed by atoms with van der Waals surface area (Å²) in [5.74, 6) is 0.872. The lowest BCUT2D eigenvalue weighted by Crippen LogP contribution is -1.95. The summed E-state index contributed by atoms with van der Waals surface area (Å²) < 4.78 is 25.9. The fourth-order valence-corrected chi connectivity index (χ4v) is 2.69. The molecule has 0 radical (unpaired) electrons. The lowest BCUT2D eigenvalue weighted by molar-refractivity contribution is 0.104. The molecular formula is C20H18ClFN2O3. The summed E-state index contributed by atoms with van der Waals surface area (Å²) in [5, 5.41) is 4.45. The first-order chi connectivity index (χ1) is 13.0. The van der Waals surface area contributed by atoms with Crippen LogP contribution in [0.1, 0.15) is 34.5 Å². The number of furan rings is 1. The van der Waals surface area contributed by atoms with Gasteiger partial charge in [0.05, 0.1) is 16.3 Å². The predicted octanol–water partition coefficient (Wildman–Crippen LogP) is 5.07. The number of ether oxygens (including phenoxy) is 1. The van der Waals surface area contributed by atoms with Crippen molar-refractivity contribution in [2.45, 2.75) is 27.0 Å². The third kappa shape index (κ3) is 4.65. The van der Waals surface area contributed by atoms with Gasteiger partial charge in [-0.3, -0.25) is 9.48 Å². The van der Waals surface area contributed by atoms with E-state index in [1.807, 2.05) is 6.92 Å². The number of carbonyl (C=O) groups is 1. The Bertz CT molecular complexity index is 991. The Morgan fingerprint density at radius 1 is 1.37 bits per heavy atom. The van der Waals surface area contributed by atoms with Crippen LogP contribution in [0.4, 0.5) is 4.39 Å². The molecule has 5 nitrogen and oxygen atoms in total. The average Bonchev–Trinajstić information content (AvgIpc) is 3.25. The second-order valence-corrected chi connectivity index (χ2v) is 6.26. The number of nitrogens with zero attached hydrogens (tertiary/aromatic N) is 2. The van der Waals surface area contributed by atoms with Crippen LogP contribution in [-0.2, 0) is 13.2 Å². The molecule has 1 aromatic carbocycles. The van der Waals surface area contributed by atoms with Gasteiger partial charge in [0.1, 0.15) is 29.7 Å². The summed E-state index contributed by atoms with van der Waals surface area (Å²) >= 11 is 5.92. The Morgan fingerprint density at radius 3 is 2.89 bits per heavy atom. The number of hydrogen-bond acceptors (Lipinski definition) is 4. The number of rotatable bonds is 7. The minimum absolute atomic E-state index is 0.134. The standard InChI is InChI=1S/C20H18ClFN2O3/c1-3-24-11-17(13(2)23-24)19(25)8-7-15-5-6-16(27-15)12-26-20-9-4-14(22)10-18(20)21/h4-11H,3,12H2,1-2H3. The molecule has 140 valence electrons. The number of allylic oxidation sites excluding steroid dienone is 1. The highest BCUT2D eigenvalue weighted by Gasteiger charge is 2.11. The molecule has 0 bridgehead atoms. The summed E-state index contributed by atoms with van der Waals surface area (Å²) in [7, 11) is 0. The van der Waals surface area contributed by atoms with Gasteiger partial charge >= 0.3 is 0 Å². The number of carbonyl (C=O) groups excluding carboxylic acids is 1. The Labute approximate surface area is 161 Å². The Hall–Kier alpha value is -2.86. The number of ketones is 1. The van der Waals surface area contributed by atoms with Crippen LogP contribution in [0, 0.1) is 12.7 Å². The first kappa shape index (κ1) is 18.9. The van der Waals surface area contributed by atoms with Crippen LogP contribution in [-0.4, -0.2) is 15.6 Å². The summed E-state index contributed by atoms with van der Waals surface area (Å²) in [5.41, 5.74) is 1.25. The molecule has 0 atom stereocenters. The highest BCUT2D eigenvalue weighted by Crippen LogP contribution is 2.26. The molecule has 0 saturated heterocycles. The van der Waals surface area contributed by atoms with Gasteiger partial charge in [0.15, 0.2) is 5.78 Å². The molecule has 0 unspecified atom stereocenters. The minimum atomic E-state index is -0.429. The molecule has 0 saturated carbocycles. The van der Waals surface area contributed by atoms with Gasteiger partial charge in [-0.05, 0) is 56.3 Å². The first-order valence-corrected chi connectivity index (χ1v) is 8.77. The fraction of sp³-hybridized carbons (Fsp3) is 0.200. The Balaban J connectivity index is 1.62. The molecule has 0 N–H and O–H groups in total. The highest BCUT2D eigenvalue weighted by molar-refractivity contribution is 6.32.